The fraction of sp³-hybridized carbons (Fsp3) is 0.846. The third-order valence-corrected chi connectivity index (χ3v) is 4.81. The lowest BCUT2D eigenvalue weighted by molar-refractivity contribution is -0.128. The second kappa shape index (κ2) is 6.30. The third-order valence-electron chi connectivity index (χ3n) is 3.58. The molecule has 1 saturated carbocycles. The molecule has 0 aromatic heterocycles. The Bertz CT molecular complexity index is 313. The zero-order valence-corrected chi connectivity index (χ0v) is 11.8. The van der Waals surface area contributed by atoms with Gasteiger partial charge in [0, 0.05) is 11.3 Å². The SMILES string of the molecule is CCSC1CCC(NC(=O)C(C)(C#N)CC)C1. The monoisotopic (exact) mass is 254 g/mol. The topological polar surface area (TPSA) is 52.9 Å². The van der Waals surface area contributed by atoms with E-state index in [1.807, 2.05) is 18.7 Å². The molecule has 0 aliphatic heterocycles. The minimum Gasteiger partial charge on any atom is -0.352 e. The van der Waals surface area contributed by atoms with Gasteiger partial charge in [-0.15, -0.1) is 0 Å². The van der Waals surface area contributed by atoms with Crippen molar-refractivity contribution in [1.29, 1.82) is 5.26 Å². The van der Waals surface area contributed by atoms with Gasteiger partial charge in [0.05, 0.1) is 6.07 Å². The molecule has 4 heteroatoms. The maximum atomic E-state index is 12.0. The van der Waals surface area contributed by atoms with E-state index in [2.05, 4.69) is 18.3 Å². The molecule has 1 amide bonds. The van der Waals surface area contributed by atoms with Gasteiger partial charge < -0.3 is 5.32 Å². The van der Waals surface area contributed by atoms with E-state index < -0.39 is 5.41 Å². The third kappa shape index (κ3) is 3.64. The van der Waals surface area contributed by atoms with Gasteiger partial charge in [0.15, 0.2) is 0 Å². The second-order valence-corrected chi connectivity index (χ2v) is 6.44. The summed E-state index contributed by atoms with van der Waals surface area (Å²) in [5, 5.41) is 12.8. The number of carbonyl (C=O) groups is 1. The minimum atomic E-state index is -0.865. The van der Waals surface area contributed by atoms with Crippen LogP contribution in [0, 0.1) is 16.7 Å². The summed E-state index contributed by atoms with van der Waals surface area (Å²) < 4.78 is 0. The van der Waals surface area contributed by atoms with Crippen LogP contribution in [0.5, 0.6) is 0 Å². The molecule has 1 fully saturated rings. The Morgan fingerprint density at radius 3 is 2.76 bits per heavy atom. The molecule has 0 radical (unpaired) electrons. The second-order valence-electron chi connectivity index (χ2n) is 4.86. The van der Waals surface area contributed by atoms with Crippen molar-refractivity contribution in [3.63, 3.8) is 0 Å². The molecule has 1 N–H and O–H groups in total. The van der Waals surface area contributed by atoms with E-state index in [1.54, 1.807) is 6.92 Å². The largest absolute Gasteiger partial charge is 0.352 e. The fourth-order valence-corrected chi connectivity index (χ4v) is 3.24. The van der Waals surface area contributed by atoms with Crippen LogP contribution in [0.1, 0.15) is 46.5 Å². The van der Waals surface area contributed by atoms with Crippen molar-refractivity contribution in [3.05, 3.63) is 0 Å². The maximum absolute atomic E-state index is 12.0. The van der Waals surface area contributed by atoms with Crippen molar-refractivity contribution in [1.82, 2.24) is 5.32 Å². The predicted molar refractivity (Wildman–Crippen MR) is 71.7 cm³/mol. The highest BCUT2D eigenvalue weighted by molar-refractivity contribution is 7.99. The summed E-state index contributed by atoms with van der Waals surface area (Å²) in [5.41, 5.74) is -0.865. The van der Waals surface area contributed by atoms with Gasteiger partial charge in [-0.2, -0.15) is 17.0 Å². The molecule has 0 bridgehead atoms. The van der Waals surface area contributed by atoms with Crippen LogP contribution in [0.2, 0.25) is 0 Å². The Morgan fingerprint density at radius 2 is 2.24 bits per heavy atom. The first-order chi connectivity index (χ1) is 8.05. The van der Waals surface area contributed by atoms with E-state index in [4.69, 9.17) is 5.26 Å². The van der Waals surface area contributed by atoms with Crippen LogP contribution in [0.15, 0.2) is 0 Å². The standard InChI is InChI=1S/C13H22N2OS/c1-4-13(3,9-14)12(16)15-10-6-7-11(8-10)17-5-2/h10-11H,4-8H2,1-3H3,(H,15,16). The van der Waals surface area contributed by atoms with Crippen molar-refractivity contribution >= 4 is 17.7 Å². The maximum Gasteiger partial charge on any atom is 0.240 e. The highest BCUT2D eigenvalue weighted by Gasteiger charge is 2.34. The molecule has 0 saturated heterocycles. The molecule has 0 aromatic rings. The summed E-state index contributed by atoms with van der Waals surface area (Å²) in [7, 11) is 0. The average Bonchev–Trinajstić information content (AvgIpc) is 2.76. The Hall–Kier alpha value is -0.690. The van der Waals surface area contributed by atoms with Gasteiger partial charge in [0.1, 0.15) is 5.41 Å². The zero-order chi connectivity index (χ0) is 12.9. The number of nitrogens with one attached hydrogen (secondary N) is 1. The molecule has 96 valence electrons. The first-order valence-electron chi connectivity index (χ1n) is 6.39. The Labute approximate surface area is 108 Å². The van der Waals surface area contributed by atoms with E-state index in [1.165, 1.54) is 6.42 Å². The van der Waals surface area contributed by atoms with E-state index in [9.17, 15) is 4.79 Å². The number of nitrogens with zero attached hydrogens (tertiary/aromatic N) is 1. The molecule has 3 unspecified atom stereocenters. The molecular weight excluding hydrogens is 232 g/mol. The molecule has 3 nitrogen and oxygen atoms in total. The van der Waals surface area contributed by atoms with E-state index in [0.717, 1.165) is 18.6 Å². The van der Waals surface area contributed by atoms with Crippen molar-refractivity contribution in [2.24, 2.45) is 5.41 Å². The lowest BCUT2D eigenvalue weighted by Gasteiger charge is -2.22. The summed E-state index contributed by atoms with van der Waals surface area (Å²) in [6.07, 6.45) is 3.85. The van der Waals surface area contributed by atoms with Crippen LogP contribution in [-0.4, -0.2) is 23.0 Å². The quantitative estimate of drug-likeness (QED) is 0.820. The number of thioether (sulfide) groups is 1. The van der Waals surface area contributed by atoms with Crippen molar-refractivity contribution in [2.45, 2.75) is 57.7 Å². The van der Waals surface area contributed by atoms with Crippen molar-refractivity contribution in [2.75, 3.05) is 5.75 Å². The molecule has 1 aliphatic rings. The van der Waals surface area contributed by atoms with Gasteiger partial charge in [-0.25, -0.2) is 0 Å². The van der Waals surface area contributed by atoms with Crippen LogP contribution in [0.3, 0.4) is 0 Å². The van der Waals surface area contributed by atoms with Crippen molar-refractivity contribution in [3.8, 4) is 6.07 Å². The van der Waals surface area contributed by atoms with Crippen LogP contribution in [0.4, 0.5) is 0 Å². The Balaban J connectivity index is 2.46. The molecule has 3 atom stereocenters. The number of rotatable bonds is 5. The average molecular weight is 254 g/mol. The zero-order valence-electron chi connectivity index (χ0n) is 11.0. The Kier molecular flexibility index (Phi) is 5.32. The highest BCUT2D eigenvalue weighted by Crippen LogP contribution is 2.30. The van der Waals surface area contributed by atoms with E-state index >= 15 is 0 Å². The predicted octanol–water partition coefficient (Wildman–Crippen LogP) is 2.72. The van der Waals surface area contributed by atoms with E-state index in [0.29, 0.717) is 11.7 Å². The minimum absolute atomic E-state index is 0.102. The number of hydrogen-bond donors (Lipinski definition) is 1. The summed E-state index contributed by atoms with van der Waals surface area (Å²) >= 11 is 1.97. The van der Waals surface area contributed by atoms with Crippen molar-refractivity contribution < 1.29 is 4.79 Å². The number of amides is 1. The summed E-state index contributed by atoms with van der Waals surface area (Å²) in [4.78, 5) is 12.0. The van der Waals surface area contributed by atoms with Gasteiger partial charge in [-0.05, 0) is 38.4 Å². The summed E-state index contributed by atoms with van der Waals surface area (Å²) in [6.45, 7) is 5.77. The van der Waals surface area contributed by atoms with Gasteiger partial charge in [-0.1, -0.05) is 13.8 Å². The molecule has 0 heterocycles. The molecule has 1 aliphatic carbocycles. The summed E-state index contributed by atoms with van der Waals surface area (Å²) in [5.74, 6) is 1.03. The van der Waals surface area contributed by atoms with Crippen LogP contribution < -0.4 is 5.32 Å². The van der Waals surface area contributed by atoms with Gasteiger partial charge in [0.25, 0.3) is 0 Å². The Morgan fingerprint density at radius 1 is 1.53 bits per heavy atom. The number of carbonyl (C=O) groups excluding carboxylic acids is 1. The fourth-order valence-electron chi connectivity index (χ4n) is 2.09. The van der Waals surface area contributed by atoms with Crippen LogP contribution >= 0.6 is 11.8 Å². The molecule has 0 spiro atoms. The highest BCUT2D eigenvalue weighted by atomic mass is 32.2. The number of nitriles is 1. The lowest BCUT2D eigenvalue weighted by atomic mass is 9.88. The first-order valence-corrected chi connectivity index (χ1v) is 7.44. The summed E-state index contributed by atoms with van der Waals surface area (Å²) in [6, 6.07) is 2.39. The molecule has 17 heavy (non-hydrogen) atoms. The number of hydrogen-bond acceptors (Lipinski definition) is 3. The van der Waals surface area contributed by atoms with Crippen LogP contribution in [0.25, 0.3) is 0 Å². The smallest absolute Gasteiger partial charge is 0.240 e. The van der Waals surface area contributed by atoms with Crippen LogP contribution in [-0.2, 0) is 4.79 Å². The lowest BCUT2D eigenvalue weighted by Crippen LogP contribution is -2.42. The van der Waals surface area contributed by atoms with Gasteiger partial charge in [-0.3, -0.25) is 4.79 Å². The van der Waals surface area contributed by atoms with Gasteiger partial charge in [0.2, 0.25) is 5.91 Å². The normalized spacial score (nSPS) is 27.2. The molecular formula is C13H22N2OS. The van der Waals surface area contributed by atoms with Gasteiger partial charge >= 0.3 is 0 Å². The first kappa shape index (κ1) is 14.4. The molecule has 1 rings (SSSR count). The van der Waals surface area contributed by atoms with E-state index in [-0.39, 0.29) is 11.9 Å². The molecule has 0 aromatic carbocycles.